The fourth-order valence-corrected chi connectivity index (χ4v) is 4.03. The minimum atomic E-state index is 0.0852. The van der Waals surface area contributed by atoms with Gasteiger partial charge in [-0.2, -0.15) is 11.8 Å². The zero-order chi connectivity index (χ0) is 13.0. The summed E-state index contributed by atoms with van der Waals surface area (Å²) in [7, 11) is 0. The lowest BCUT2D eigenvalue weighted by Crippen LogP contribution is -2.54. The van der Waals surface area contributed by atoms with Crippen molar-refractivity contribution < 1.29 is 4.79 Å². The predicted molar refractivity (Wildman–Crippen MR) is 78.0 cm³/mol. The average Bonchev–Trinajstić information content (AvgIpc) is 2.42. The molecule has 0 radical (unpaired) electrons. The van der Waals surface area contributed by atoms with Gasteiger partial charge >= 0.3 is 0 Å². The third-order valence-electron chi connectivity index (χ3n) is 4.34. The molecule has 0 spiro atoms. The van der Waals surface area contributed by atoms with E-state index < -0.39 is 0 Å². The third-order valence-corrected chi connectivity index (χ3v) is 5.48. The molecule has 1 aliphatic heterocycles. The van der Waals surface area contributed by atoms with Gasteiger partial charge in [-0.3, -0.25) is 4.79 Å². The summed E-state index contributed by atoms with van der Waals surface area (Å²) in [4.78, 5) is 14.6. The van der Waals surface area contributed by atoms with Crippen LogP contribution in [0.4, 0.5) is 0 Å². The highest BCUT2D eigenvalue weighted by molar-refractivity contribution is 7.99. The van der Waals surface area contributed by atoms with Gasteiger partial charge in [-0.1, -0.05) is 6.92 Å². The number of carbonyl (C=O) groups is 1. The molecule has 2 fully saturated rings. The first kappa shape index (κ1) is 14.2. The van der Waals surface area contributed by atoms with Crippen molar-refractivity contribution in [2.75, 3.05) is 19.3 Å². The van der Waals surface area contributed by atoms with Gasteiger partial charge in [-0.05, 0) is 51.3 Å². The Bertz CT molecular complexity index is 275. The fourth-order valence-electron chi connectivity index (χ4n) is 3.29. The molecular formula is C14H26N2OS. The van der Waals surface area contributed by atoms with E-state index in [0.29, 0.717) is 11.9 Å². The number of likely N-dealkylation sites (tertiary alicyclic amines) is 1. The number of nitrogens with one attached hydrogen (secondary N) is 1. The van der Waals surface area contributed by atoms with Crippen LogP contribution < -0.4 is 5.32 Å². The molecule has 4 heteroatoms. The average molecular weight is 270 g/mol. The van der Waals surface area contributed by atoms with Crippen LogP contribution in [0.3, 0.4) is 0 Å². The van der Waals surface area contributed by atoms with Crippen molar-refractivity contribution in [3.8, 4) is 0 Å². The Balaban J connectivity index is 1.90. The van der Waals surface area contributed by atoms with Gasteiger partial charge in [0.15, 0.2) is 0 Å². The van der Waals surface area contributed by atoms with E-state index in [2.05, 4.69) is 23.4 Å². The van der Waals surface area contributed by atoms with Gasteiger partial charge in [-0.25, -0.2) is 0 Å². The molecule has 1 unspecified atom stereocenters. The van der Waals surface area contributed by atoms with Gasteiger partial charge < -0.3 is 10.2 Å². The van der Waals surface area contributed by atoms with Gasteiger partial charge in [0.25, 0.3) is 0 Å². The summed E-state index contributed by atoms with van der Waals surface area (Å²) in [6.07, 6.45) is 9.35. The van der Waals surface area contributed by atoms with Crippen LogP contribution in [0.1, 0.15) is 45.4 Å². The molecule has 1 heterocycles. The number of amides is 1. The lowest BCUT2D eigenvalue weighted by atomic mass is 9.91. The molecule has 0 aromatic rings. The quantitative estimate of drug-likeness (QED) is 0.850. The lowest BCUT2D eigenvalue weighted by Gasteiger charge is -2.41. The Labute approximate surface area is 115 Å². The van der Waals surface area contributed by atoms with Crippen LogP contribution in [0.5, 0.6) is 0 Å². The van der Waals surface area contributed by atoms with Crippen molar-refractivity contribution >= 4 is 17.7 Å². The van der Waals surface area contributed by atoms with Crippen LogP contribution in [0.25, 0.3) is 0 Å². The van der Waals surface area contributed by atoms with Crippen molar-refractivity contribution in [2.45, 2.75) is 62.8 Å². The first-order valence-electron chi connectivity index (χ1n) is 7.33. The number of piperidine rings is 1. The van der Waals surface area contributed by atoms with Crippen molar-refractivity contribution in [2.24, 2.45) is 0 Å². The van der Waals surface area contributed by atoms with E-state index in [1.54, 1.807) is 0 Å². The second-order valence-corrected chi connectivity index (χ2v) is 6.59. The summed E-state index contributed by atoms with van der Waals surface area (Å²) in [5, 5.41) is 4.15. The molecule has 1 saturated carbocycles. The Morgan fingerprint density at radius 1 is 1.28 bits per heavy atom. The van der Waals surface area contributed by atoms with Crippen LogP contribution >= 0.6 is 11.8 Å². The fraction of sp³-hybridized carbons (Fsp3) is 0.929. The second kappa shape index (κ2) is 6.80. The zero-order valence-electron chi connectivity index (χ0n) is 11.7. The minimum Gasteiger partial charge on any atom is -0.338 e. The van der Waals surface area contributed by atoms with Gasteiger partial charge in [0.1, 0.15) is 0 Å². The zero-order valence-corrected chi connectivity index (χ0v) is 12.5. The monoisotopic (exact) mass is 270 g/mol. The highest BCUT2D eigenvalue weighted by Crippen LogP contribution is 2.31. The number of thioether (sulfide) groups is 1. The van der Waals surface area contributed by atoms with Gasteiger partial charge in [-0.15, -0.1) is 0 Å². The summed E-state index contributed by atoms with van der Waals surface area (Å²) in [6, 6.07) is 0.601. The second-order valence-electron chi connectivity index (χ2n) is 5.45. The first-order chi connectivity index (χ1) is 8.76. The predicted octanol–water partition coefficient (Wildman–Crippen LogP) is 2.26. The molecule has 2 rings (SSSR count). The Morgan fingerprint density at radius 2 is 2.00 bits per heavy atom. The molecule has 1 N–H and O–H groups in total. The molecule has 1 saturated heterocycles. The van der Waals surface area contributed by atoms with Crippen LogP contribution in [-0.4, -0.2) is 47.5 Å². The van der Waals surface area contributed by atoms with Gasteiger partial charge in [0.05, 0.1) is 6.04 Å². The maximum atomic E-state index is 12.4. The molecule has 0 bridgehead atoms. The van der Waals surface area contributed by atoms with Crippen molar-refractivity contribution in [3.63, 3.8) is 0 Å². The van der Waals surface area contributed by atoms with E-state index in [1.165, 1.54) is 25.7 Å². The third kappa shape index (κ3) is 3.21. The summed E-state index contributed by atoms with van der Waals surface area (Å²) in [5.41, 5.74) is 0. The molecule has 1 amide bonds. The summed E-state index contributed by atoms with van der Waals surface area (Å²) in [6.45, 7) is 3.95. The molecule has 1 aliphatic carbocycles. The molecule has 104 valence electrons. The molecule has 2 aliphatic rings. The van der Waals surface area contributed by atoms with Gasteiger partial charge in [0.2, 0.25) is 5.91 Å². The number of carbonyl (C=O) groups excluding carboxylic acids is 1. The van der Waals surface area contributed by atoms with Crippen molar-refractivity contribution in [3.05, 3.63) is 0 Å². The molecule has 1 atom stereocenters. The van der Waals surface area contributed by atoms with Crippen molar-refractivity contribution in [1.82, 2.24) is 10.2 Å². The number of hydrogen-bond acceptors (Lipinski definition) is 3. The summed E-state index contributed by atoms with van der Waals surface area (Å²) < 4.78 is 0. The summed E-state index contributed by atoms with van der Waals surface area (Å²) >= 11 is 1.99. The van der Waals surface area contributed by atoms with E-state index in [9.17, 15) is 4.79 Å². The summed E-state index contributed by atoms with van der Waals surface area (Å²) in [5.74, 6) is 0.357. The minimum absolute atomic E-state index is 0.0852. The van der Waals surface area contributed by atoms with Crippen LogP contribution in [-0.2, 0) is 4.79 Å². The standard InChI is InChI=1S/C14H26N2OS/c1-3-15-13-5-4-10-16(14(13)17)11-6-8-12(18-2)9-7-11/h11-13,15H,3-10H2,1-2H3. The molecule has 0 aromatic heterocycles. The molecule has 18 heavy (non-hydrogen) atoms. The Kier molecular flexibility index (Phi) is 5.37. The topological polar surface area (TPSA) is 32.3 Å². The number of hydrogen-bond donors (Lipinski definition) is 1. The molecule has 0 aromatic carbocycles. The van der Waals surface area contributed by atoms with Crippen LogP contribution in [0.2, 0.25) is 0 Å². The molecular weight excluding hydrogens is 244 g/mol. The van der Waals surface area contributed by atoms with E-state index >= 15 is 0 Å². The van der Waals surface area contributed by atoms with E-state index in [-0.39, 0.29) is 6.04 Å². The largest absolute Gasteiger partial charge is 0.338 e. The lowest BCUT2D eigenvalue weighted by molar-refractivity contribution is -0.139. The van der Waals surface area contributed by atoms with Crippen LogP contribution in [0.15, 0.2) is 0 Å². The van der Waals surface area contributed by atoms with Crippen LogP contribution in [0, 0.1) is 0 Å². The maximum Gasteiger partial charge on any atom is 0.239 e. The van der Waals surface area contributed by atoms with Crippen molar-refractivity contribution in [1.29, 1.82) is 0 Å². The Hall–Kier alpha value is -0.220. The Morgan fingerprint density at radius 3 is 2.61 bits per heavy atom. The first-order valence-corrected chi connectivity index (χ1v) is 8.61. The highest BCUT2D eigenvalue weighted by atomic mass is 32.2. The van der Waals surface area contributed by atoms with Gasteiger partial charge in [0, 0.05) is 17.8 Å². The maximum absolute atomic E-state index is 12.4. The smallest absolute Gasteiger partial charge is 0.239 e. The normalized spacial score (nSPS) is 33.8. The van der Waals surface area contributed by atoms with E-state index in [0.717, 1.165) is 31.2 Å². The highest BCUT2D eigenvalue weighted by Gasteiger charge is 2.34. The van der Waals surface area contributed by atoms with E-state index in [1.807, 2.05) is 11.8 Å². The SMILES string of the molecule is CCNC1CCCN(C2CCC(SC)CC2)C1=O. The number of likely N-dealkylation sites (N-methyl/N-ethyl adjacent to an activating group) is 1. The van der Waals surface area contributed by atoms with E-state index in [4.69, 9.17) is 0 Å². The number of rotatable bonds is 4. The molecule has 3 nitrogen and oxygen atoms in total. The number of nitrogens with zero attached hydrogens (tertiary/aromatic N) is 1.